The molecule has 3 aromatic rings. The smallest absolute Gasteiger partial charge is 0.244 e. The molecule has 1 amide bonds. The van der Waals surface area contributed by atoms with Gasteiger partial charge < -0.3 is 5.32 Å². The molecule has 10 heteroatoms. The van der Waals surface area contributed by atoms with E-state index < -0.39 is 22.2 Å². The Labute approximate surface area is 169 Å². The van der Waals surface area contributed by atoms with Gasteiger partial charge in [-0.15, -0.1) is 0 Å². The highest BCUT2D eigenvalue weighted by molar-refractivity contribution is 9.10. The van der Waals surface area contributed by atoms with E-state index in [9.17, 15) is 14.0 Å². The molecule has 0 spiro atoms. The Morgan fingerprint density at radius 2 is 2.04 bits per heavy atom. The molecule has 1 N–H and O–H groups in total. The fourth-order valence-electron chi connectivity index (χ4n) is 2.46. The molecule has 0 atom stereocenters. The number of carbonyl (C=O) groups excluding carboxylic acids is 2. The molecule has 3 rings (SSSR count). The van der Waals surface area contributed by atoms with Gasteiger partial charge in [-0.1, -0.05) is 41.1 Å². The lowest BCUT2D eigenvalue weighted by Crippen LogP contribution is -2.30. The van der Waals surface area contributed by atoms with E-state index in [1.54, 1.807) is 33.8 Å². The summed E-state index contributed by atoms with van der Waals surface area (Å²) in [5.74, 6) is -0.670. The van der Waals surface area contributed by atoms with Crippen LogP contribution in [0.4, 0.5) is 9.52 Å². The molecule has 0 saturated carbocycles. The summed E-state index contributed by atoms with van der Waals surface area (Å²) in [6, 6.07) is 1.55. The maximum Gasteiger partial charge on any atom is 0.244 e. The number of anilines is 1. The first kappa shape index (κ1) is 19.9. The molecule has 0 saturated heterocycles. The number of aromatic nitrogens is 3. The van der Waals surface area contributed by atoms with E-state index in [4.69, 9.17) is 7.85 Å². The van der Waals surface area contributed by atoms with Gasteiger partial charge in [0.2, 0.25) is 11.8 Å². The van der Waals surface area contributed by atoms with Crippen molar-refractivity contribution < 1.29 is 14.0 Å². The van der Waals surface area contributed by atoms with Gasteiger partial charge in [-0.2, -0.15) is 5.10 Å². The van der Waals surface area contributed by atoms with Crippen LogP contribution in [0.15, 0.2) is 12.3 Å². The number of fused-ring (bicyclic) bond motifs is 3. The average Bonchev–Trinajstić information content (AvgIpc) is 3.14. The summed E-state index contributed by atoms with van der Waals surface area (Å²) in [6.07, 6.45) is 1.53. The number of benzene rings is 1. The molecule has 6 nitrogen and oxygen atoms in total. The van der Waals surface area contributed by atoms with Crippen molar-refractivity contribution in [2.45, 2.75) is 44.0 Å². The molecule has 2 radical (unpaired) electrons. The second kappa shape index (κ2) is 6.66. The Bertz CT molecular complexity index is 1060. The molecular weight excluding hydrogens is 434 g/mol. The number of nitrogens with zero attached hydrogens (tertiary/aromatic N) is 3. The number of thiazole rings is 1. The van der Waals surface area contributed by atoms with E-state index in [0.717, 1.165) is 0 Å². The summed E-state index contributed by atoms with van der Waals surface area (Å²) >= 11 is 4.50. The van der Waals surface area contributed by atoms with Gasteiger partial charge in [0.15, 0.2) is 5.13 Å². The highest BCUT2D eigenvalue weighted by Gasteiger charge is 2.27. The first-order valence-corrected chi connectivity index (χ1v) is 9.74. The number of amides is 1. The summed E-state index contributed by atoms with van der Waals surface area (Å²) in [5.41, 5.74) is 1.22. The van der Waals surface area contributed by atoms with Gasteiger partial charge in [-0.3, -0.25) is 9.59 Å². The molecule has 140 valence electrons. The maximum atomic E-state index is 13.6. The number of nitrogens with one attached hydrogen (secondary N) is 1. The lowest BCUT2D eigenvalue weighted by atomic mass is 9.72. The minimum atomic E-state index is -1.13. The van der Waals surface area contributed by atoms with E-state index >= 15 is 0 Å². The third-order valence-corrected chi connectivity index (χ3v) is 5.31. The summed E-state index contributed by atoms with van der Waals surface area (Å²) in [6.45, 7) is 5.83. The molecule has 0 aliphatic rings. The van der Waals surface area contributed by atoms with Crippen LogP contribution in [0, 0.1) is 0 Å². The Hall–Kier alpha value is -1.81. The van der Waals surface area contributed by atoms with E-state index in [0.29, 0.717) is 31.8 Å². The number of hydrogen-bond acceptors (Lipinski definition) is 5. The molecule has 1 aromatic carbocycles. The van der Waals surface area contributed by atoms with Crippen molar-refractivity contribution in [2.24, 2.45) is 0 Å². The lowest BCUT2D eigenvalue weighted by molar-refractivity contribution is -0.117. The molecular formula is C17H17BBrFN4O2S. The van der Waals surface area contributed by atoms with Crippen molar-refractivity contribution in [1.82, 2.24) is 14.8 Å². The van der Waals surface area contributed by atoms with Gasteiger partial charge in [0, 0.05) is 16.3 Å². The topological polar surface area (TPSA) is 76.9 Å². The van der Waals surface area contributed by atoms with E-state index in [2.05, 4.69) is 31.3 Å². The van der Waals surface area contributed by atoms with Crippen LogP contribution in [-0.4, -0.2) is 38.7 Å². The average molecular weight is 451 g/mol. The first-order chi connectivity index (χ1) is 12.4. The minimum absolute atomic E-state index is 0.268. The van der Waals surface area contributed by atoms with Gasteiger partial charge in [-0.05, 0) is 19.9 Å². The fourth-order valence-corrected chi connectivity index (χ4v) is 3.58. The molecule has 0 bridgehead atoms. The van der Waals surface area contributed by atoms with E-state index in [1.165, 1.54) is 22.2 Å². The van der Waals surface area contributed by atoms with Crippen LogP contribution in [0.3, 0.4) is 0 Å². The monoisotopic (exact) mass is 450 g/mol. The van der Waals surface area contributed by atoms with E-state index in [1.807, 2.05) is 0 Å². The minimum Gasteiger partial charge on any atom is -0.301 e. The molecule has 2 aromatic heterocycles. The fraction of sp³-hybridized carbons (Fsp3) is 0.412. The summed E-state index contributed by atoms with van der Waals surface area (Å²) in [4.78, 5) is 29.1. The van der Waals surface area contributed by atoms with Gasteiger partial charge in [0.25, 0.3) is 0 Å². The molecule has 0 unspecified atom stereocenters. The van der Waals surface area contributed by atoms with Crippen LogP contribution in [0.25, 0.3) is 21.1 Å². The molecule has 0 aliphatic heterocycles. The quantitative estimate of drug-likeness (QED) is 0.476. The van der Waals surface area contributed by atoms with Crippen molar-refractivity contribution >= 4 is 73.2 Å². The largest absolute Gasteiger partial charge is 0.301 e. The van der Waals surface area contributed by atoms with Crippen LogP contribution in [0.2, 0.25) is 5.31 Å². The van der Waals surface area contributed by atoms with Gasteiger partial charge in [0.05, 0.1) is 34.1 Å². The molecule has 2 heterocycles. The highest BCUT2D eigenvalue weighted by Crippen LogP contribution is 2.37. The van der Waals surface area contributed by atoms with Gasteiger partial charge in [0.1, 0.15) is 6.67 Å². The lowest BCUT2D eigenvalue weighted by Gasteiger charge is -2.17. The molecule has 0 fully saturated rings. The van der Waals surface area contributed by atoms with Crippen LogP contribution in [0.1, 0.15) is 38.1 Å². The zero-order chi connectivity index (χ0) is 20.1. The third kappa shape index (κ3) is 3.64. The van der Waals surface area contributed by atoms with Crippen molar-refractivity contribution in [3.63, 3.8) is 0 Å². The number of carbonyl (C=O) groups is 2. The number of alkyl halides is 2. The van der Waals surface area contributed by atoms with Crippen molar-refractivity contribution in [1.29, 1.82) is 0 Å². The van der Waals surface area contributed by atoms with Gasteiger partial charge >= 0.3 is 0 Å². The second-order valence-corrected chi connectivity index (χ2v) is 10.3. The standard InChI is InChI=1S/C17H17BBrFN4O2S/c1-16(2,18)14(26)24-10-5-8(6-20)11-12(9(10)7-21-24)27-15(22-11)23-13(25)17(3,4)19/h5,7H,6H2,1-4H3,(H,22,23,25). The predicted molar refractivity (Wildman–Crippen MR) is 110 cm³/mol. The SMILES string of the molecule is [B]C(C)(C)C(=O)n1ncc2c3sc(NC(=O)C(C)(C)Br)nc3c(CF)cc21. The second-order valence-electron chi connectivity index (χ2n) is 7.31. The maximum absolute atomic E-state index is 13.6. The highest BCUT2D eigenvalue weighted by atomic mass is 79.9. The Morgan fingerprint density at radius 1 is 1.37 bits per heavy atom. The Balaban J connectivity index is 2.18. The van der Waals surface area contributed by atoms with E-state index in [-0.39, 0.29) is 5.91 Å². The number of rotatable bonds is 4. The van der Waals surface area contributed by atoms with Crippen molar-refractivity contribution in [3.05, 3.63) is 17.8 Å². The summed E-state index contributed by atoms with van der Waals surface area (Å²) in [5, 5.41) is 6.74. The van der Waals surface area contributed by atoms with Crippen LogP contribution < -0.4 is 5.32 Å². The Morgan fingerprint density at radius 3 is 2.59 bits per heavy atom. The normalized spacial score (nSPS) is 12.7. The molecule has 27 heavy (non-hydrogen) atoms. The van der Waals surface area contributed by atoms with Crippen LogP contribution in [-0.2, 0) is 11.5 Å². The molecule has 0 aliphatic carbocycles. The van der Waals surface area contributed by atoms with Gasteiger partial charge in [-0.25, -0.2) is 14.1 Å². The first-order valence-electron chi connectivity index (χ1n) is 8.13. The zero-order valence-electron chi connectivity index (χ0n) is 15.3. The summed E-state index contributed by atoms with van der Waals surface area (Å²) in [7, 11) is 5.90. The third-order valence-electron chi connectivity index (χ3n) is 3.94. The Kier molecular flexibility index (Phi) is 4.92. The van der Waals surface area contributed by atoms with Crippen LogP contribution in [0.5, 0.6) is 0 Å². The number of hydrogen-bond donors (Lipinski definition) is 1. The summed E-state index contributed by atoms with van der Waals surface area (Å²) < 4.78 is 14.7. The van der Waals surface area contributed by atoms with Crippen molar-refractivity contribution in [2.75, 3.05) is 5.32 Å². The van der Waals surface area contributed by atoms with Crippen LogP contribution >= 0.6 is 27.3 Å². The zero-order valence-corrected chi connectivity index (χ0v) is 17.7. The number of halogens is 2. The predicted octanol–water partition coefficient (Wildman–Crippen LogP) is 4.23. The van der Waals surface area contributed by atoms with Crippen molar-refractivity contribution in [3.8, 4) is 0 Å².